The van der Waals surface area contributed by atoms with Crippen LogP contribution in [0.3, 0.4) is 0 Å². The van der Waals surface area contributed by atoms with E-state index in [2.05, 4.69) is 28.9 Å². The first kappa shape index (κ1) is 33.0. The van der Waals surface area contributed by atoms with Gasteiger partial charge in [0.25, 0.3) is 5.91 Å². The second kappa shape index (κ2) is 19.6. The Bertz CT molecular complexity index is 1130. The van der Waals surface area contributed by atoms with Gasteiger partial charge in [-0.25, -0.2) is 4.98 Å². The number of fused-ring (bicyclic) bond motifs is 1. The highest BCUT2D eigenvalue weighted by Gasteiger charge is 2.18. The Morgan fingerprint density at radius 1 is 0.805 bits per heavy atom. The molecule has 226 valence electrons. The van der Waals surface area contributed by atoms with Crippen molar-refractivity contribution in [2.24, 2.45) is 0 Å². The minimum Gasteiger partial charge on any atom is -0.484 e. The number of nitrogens with one attached hydrogen (secondary N) is 1. The number of carbonyl (C=O) groups is 1. The molecule has 1 unspecified atom stereocenters. The molecule has 1 heterocycles. The third-order valence-electron chi connectivity index (χ3n) is 7.87. The van der Waals surface area contributed by atoms with E-state index in [1.165, 1.54) is 96.3 Å². The minimum absolute atomic E-state index is 0.0503. The summed E-state index contributed by atoms with van der Waals surface area (Å²) < 4.78 is 7.90. The molecule has 1 atom stereocenters. The first-order valence-corrected chi connectivity index (χ1v) is 16.6. The van der Waals surface area contributed by atoms with Crippen LogP contribution in [0.2, 0.25) is 5.02 Å². The number of carbonyl (C=O) groups excluding carboxylic acids is 1. The van der Waals surface area contributed by atoms with Crippen molar-refractivity contribution in [3.63, 3.8) is 0 Å². The molecule has 0 radical (unpaired) electrons. The van der Waals surface area contributed by atoms with Gasteiger partial charge in [0.1, 0.15) is 11.6 Å². The molecule has 3 rings (SSSR count). The van der Waals surface area contributed by atoms with E-state index >= 15 is 0 Å². The van der Waals surface area contributed by atoms with Gasteiger partial charge in [0.05, 0.1) is 17.1 Å². The van der Waals surface area contributed by atoms with Gasteiger partial charge < -0.3 is 14.6 Å². The molecular formula is C35H52ClN3O2. The van der Waals surface area contributed by atoms with E-state index in [0.29, 0.717) is 10.8 Å². The van der Waals surface area contributed by atoms with Crippen LogP contribution in [0.5, 0.6) is 5.75 Å². The van der Waals surface area contributed by atoms with Crippen molar-refractivity contribution in [2.45, 2.75) is 129 Å². The zero-order chi connectivity index (χ0) is 29.1. The van der Waals surface area contributed by atoms with Crippen LogP contribution in [-0.2, 0) is 11.3 Å². The van der Waals surface area contributed by atoms with Gasteiger partial charge in [0.2, 0.25) is 0 Å². The lowest BCUT2D eigenvalue weighted by molar-refractivity contribution is -0.123. The summed E-state index contributed by atoms with van der Waals surface area (Å²) in [4.78, 5) is 17.5. The number of hydrogen-bond donors (Lipinski definition) is 1. The number of nitrogens with zero attached hydrogens (tertiary/aromatic N) is 2. The van der Waals surface area contributed by atoms with Crippen LogP contribution in [0, 0.1) is 0 Å². The lowest BCUT2D eigenvalue weighted by atomic mass is 10.0. The number of benzene rings is 2. The number of hydrogen-bond acceptors (Lipinski definition) is 3. The van der Waals surface area contributed by atoms with Gasteiger partial charge in [-0.1, -0.05) is 127 Å². The van der Waals surface area contributed by atoms with E-state index < -0.39 is 0 Å². The predicted octanol–water partition coefficient (Wildman–Crippen LogP) is 10.2. The van der Waals surface area contributed by atoms with Crippen molar-refractivity contribution >= 4 is 28.5 Å². The molecule has 0 saturated heterocycles. The maximum absolute atomic E-state index is 12.6. The van der Waals surface area contributed by atoms with Crippen molar-refractivity contribution in [1.82, 2.24) is 14.9 Å². The Morgan fingerprint density at radius 3 is 1.93 bits per heavy atom. The summed E-state index contributed by atoms with van der Waals surface area (Å²) in [7, 11) is 0. The molecule has 3 aromatic rings. The number of ether oxygens (including phenoxy) is 1. The average Bonchev–Trinajstić information content (AvgIpc) is 3.35. The number of amides is 1. The van der Waals surface area contributed by atoms with Crippen LogP contribution < -0.4 is 10.1 Å². The SMILES string of the molecule is CCCCCCCCCCCCCCCCCCn1c(C(C)NC(=O)COc2ccc(Cl)cc2)nc2ccccc21. The summed E-state index contributed by atoms with van der Waals surface area (Å²) in [5.74, 6) is 1.34. The number of imidazole rings is 1. The Morgan fingerprint density at radius 2 is 1.34 bits per heavy atom. The number of halogens is 1. The molecular weight excluding hydrogens is 530 g/mol. The number of para-hydroxylation sites is 2. The van der Waals surface area contributed by atoms with Gasteiger partial charge >= 0.3 is 0 Å². The number of aryl methyl sites for hydroxylation is 1. The van der Waals surface area contributed by atoms with E-state index in [0.717, 1.165) is 29.8 Å². The third kappa shape index (κ3) is 12.5. The molecule has 0 bridgehead atoms. The van der Waals surface area contributed by atoms with Gasteiger partial charge in [0.15, 0.2) is 6.61 Å². The summed E-state index contributed by atoms with van der Waals surface area (Å²) >= 11 is 5.93. The monoisotopic (exact) mass is 581 g/mol. The van der Waals surface area contributed by atoms with Crippen molar-refractivity contribution < 1.29 is 9.53 Å². The molecule has 2 aromatic carbocycles. The van der Waals surface area contributed by atoms with Crippen molar-refractivity contribution in [1.29, 1.82) is 0 Å². The second-order valence-corrected chi connectivity index (χ2v) is 11.9. The van der Waals surface area contributed by atoms with Gasteiger partial charge in [-0.05, 0) is 49.7 Å². The molecule has 0 aliphatic carbocycles. The first-order valence-electron chi connectivity index (χ1n) is 16.2. The number of unbranched alkanes of at least 4 members (excludes halogenated alkanes) is 15. The van der Waals surface area contributed by atoms with E-state index in [-0.39, 0.29) is 18.6 Å². The summed E-state index contributed by atoms with van der Waals surface area (Å²) in [6.45, 7) is 5.14. The summed E-state index contributed by atoms with van der Waals surface area (Å²) in [5, 5.41) is 3.70. The minimum atomic E-state index is -0.218. The molecule has 0 fully saturated rings. The normalized spacial score (nSPS) is 12.1. The molecule has 1 N–H and O–H groups in total. The van der Waals surface area contributed by atoms with E-state index in [1.54, 1.807) is 24.3 Å². The van der Waals surface area contributed by atoms with Crippen LogP contribution in [-0.4, -0.2) is 22.1 Å². The topological polar surface area (TPSA) is 56.2 Å². The summed E-state index contributed by atoms with van der Waals surface area (Å²) in [6.07, 6.45) is 21.8. The maximum atomic E-state index is 12.6. The van der Waals surface area contributed by atoms with Crippen molar-refractivity contribution in [3.8, 4) is 5.75 Å². The van der Waals surface area contributed by atoms with Gasteiger partial charge in [-0.2, -0.15) is 0 Å². The highest BCUT2D eigenvalue weighted by atomic mass is 35.5. The first-order chi connectivity index (χ1) is 20.1. The lowest BCUT2D eigenvalue weighted by Crippen LogP contribution is -2.32. The molecule has 1 aromatic heterocycles. The van der Waals surface area contributed by atoms with Gasteiger partial charge in [-0.3, -0.25) is 4.79 Å². The largest absolute Gasteiger partial charge is 0.484 e. The molecule has 1 amide bonds. The standard InChI is InChI=1S/C35H52ClN3O2/c1-3-4-5-6-7-8-9-10-11-12-13-14-15-16-17-20-27-39-33-22-19-18-21-32(33)38-35(39)29(2)37-34(40)28-41-31-25-23-30(36)24-26-31/h18-19,21-26,29H,3-17,20,27-28H2,1-2H3,(H,37,40). The lowest BCUT2D eigenvalue weighted by Gasteiger charge is -2.17. The smallest absolute Gasteiger partial charge is 0.258 e. The zero-order valence-corrected chi connectivity index (χ0v) is 26.3. The number of rotatable bonds is 22. The van der Waals surface area contributed by atoms with Crippen LogP contribution in [0.1, 0.15) is 128 Å². The van der Waals surface area contributed by atoms with E-state index in [1.807, 2.05) is 19.1 Å². The van der Waals surface area contributed by atoms with Crippen molar-refractivity contribution in [2.75, 3.05) is 6.61 Å². The van der Waals surface area contributed by atoms with Crippen LogP contribution in [0.4, 0.5) is 0 Å². The van der Waals surface area contributed by atoms with Gasteiger partial charge in [0, 0.05) is 11.6 Å². The molecule has 0 aliphatic rings. The fourth-order valence-electron chi connectivity index (χ4n) is 5.51. The summed E-state index contributed by atoms with van der Waals surface area (Å²) in [5.41, 5.74) is 2.10. The quantitative estimate of drug-likeness (QED) is 0.120. The Balaban J connectivity index is 1.32. The molecule has 41 heavy (non-hydrogen) atoms. The Labute approximate surface area is 253 Å². The fraction of sp³-hybridized carbons (Fsp3) is 0.600. The molecule has 0 spiro atoms. The summed E-state index contributed by atoms with van der Waals surface area (Å²) in [6, 6.07) is 15.0. The highest BCUT2D eigenvalue weighted by Crippen LogP contribution is 2.22. The molecule has 0 saturated carbocycles. The zero-order valence-electron chi connectivity index (χ0n) is 25.5. The Kier molecular flexibility index (Phi) is 15.7. The van der Waals surface area contributed by atoms with Crippen molar-refractivity contribution in [3.05, 3.63) is 59.4 Å². The molecule has 6 heteroatoms. The van der Waals surface area contributed by atoms with E-state index in [4.69, 9.17) is 21.3 Å². The fourth-order valence-corrected chi connectivity index (χ4v) is 5.63. The predicted molar refractivity (Wildman–Crippen MR) is 173 cm³/mol. The third-order valence-corrected chi connectivity index (χ3v) is 8.12. The van der Waals surface area contributed by atoms with Crippen LogP contribution in [0.15, 0.2) is 48.5 Å². The number of aromatic nitrogens is 2. The van der Waals surface area contributed by atoms with Crippen LogP contribution in [0.25, 0.3) is 11.0 Å². The second-order valence-electron chi connectivity index (χ2n) is 11.4. The van der Waals surface area contributed by atoms with E-state index in [9.17, 15) is 4.79 Å². The molecule has 0 aliphatic heterocycles. The highest BCUT2D eigenvalue weighted by molar-refractivity contribution is 6.30. The maximum Gasteiger partial charge on any atom is 0.258 e. The van der Waals surface area contributed by atoms with Crippen LogP contribution >= 0.6 is 11.6 Å². The Hall–Kier alpha value is -2.53. The average molecular weight is 582 g/mol. The molecule has 5 nitrogen and oxygen atoms in total. The van der Waals surface area contributed by atoms with Gasteiger partial charge in [-0.15, -0.1) is 0 Å².